The van der Waals surface area contributed by atoms with Crippen LogP contribution in [0.2, 0.25) is 5.02 Å². The quantitative estimate of drug-likeness (QED) is 0.941. The second-order valence-corrected chi connectivity index (χ2v) is 6.83. The van der Waals surface area contributed by atoms with Crippen molar-refractivity contribution in [1.29, 1.82) is 0 Å². The minimum absolute atomic E-state index is 0.179. The Morgan fingerprint density at radius 1 is 1.15 bits per heavy atom. The van der Waals surface area contributed by atoms with Crippen LogP contribution in [-0.4, -0.2) is 10.1 Å². The molecule has 20 heavy (non-hydrogen) atoms. The van der Waals surface area contributed by atoms with Gasteiger partial charge in [-0.15, -0.1) is 0 Å². The highest BCUT2D eigenvalue weighted by Crippen LogP contribution is 2.25. The Kier molecular flexibility index (Phi) is 3.89. The molecule has 0 fully saturated rings. The van der Waals surface area contributed by atoms with E-state index in [1.165, 1.54) is 0 Å². The highest BCUT2D eigenvalue weighted by atomic mass is 35.5. The molecule has 0 radical (unpaired) electrons. The first-order valence-electron chi connectivity index (χ1n) is 6.56. The molecule has 1 unspecified atom stereocenters. The molecule has 1 heterocycles. The predicted octanol–water partition coefficient (Wildman–Crippen LogP) is 3.44. The predicted molar refractivity (Wildman–Crippen MR) is 79.7 cm³/mol. The van der Waals surface area contributed by atoms with Gasteiger partial charge in [-0.05, 0) is 31.0 Å². The molecule has 0 bridgehead atoms. The van der Waals surface area contributed by atoms with Crippen molar-refractivity contribution < 1.29 is 4.52 Å². The summed E-state index contributed by atoms with van der Waals surface area (Å²) in [5, 5.41) is 4.74. The van der Waals surface area contributed by atoms with E-state index >= 15 is 0 Å². The van der Waals surface area contributed by atoms with Crippen LogP contribution in [0.4, 0.5) is 0 Å². The zero-order valence-electron chi connectivity index (χ0n) is 12.3. The maximum absolute atomic E-state index is 6.35. The molecule has 0 spiro atoms. The molecule has 4 nitrogen and oxygen atoms in total. The Balaban J connectivity index is 2.21. The Bertz CT molecular complexity index is 582. The molecule has 0 aliphatic heterocycles. The van der Waals surface area contributed by atoms with E-state index in [9.17, 15) is 0 Å². The first-order valence-corrected chi connectivity index (χ1v) is 6.94. The molecule has 2 N–H and O–H groups in total. The van der Waals surface area contributed by atoms with Crippen LogP contribution in [0.1, 0.15) is 45.0 Å². The van der Waals surface area contributed by atoms with Gasteiger partial charge in [-0.1, -0.05) is 49.7 Å². The average molecular weight is 294 g/mol. The van der Waals surface area contributed by atoms with Gasteiger partial charge in [0.25, 0.3) is 0 Å². The van der Waals surface area contributed by atoms with Crippen LogP contribution >= 0.6 is 11.6 Å². The zero-order valence-corrected chi connectivity index (χ0v) is 13.0. The van der Waals surface area contributed by atoms with E-state index in [4.69, 9.17) is 21.9 Å². The third-order valence-corrected chi connectivity index (χ3v) is 3.32. The third kappa shape index (κ3) is 3.38. The van der Waals surface area contributed by atoms with E-state index in [0.29, 0.717) is 23.2 Å². The van der Waals surface area contributed by atoms with Gasteiger partial charge >= 0.3 is 0 Å². The van der Waals surface area contributed by atoms with Crippen molar-refractivity contribution in [2.45, 2.75) is 45.1 Å². The summed E-state index contributed by atoms with van der Waals surface area (Å²) in [5.41, 5.74) is 6.57. The fourth-order valence-corrected chi connectivity index (χ4v) is 1.99. The molecule has 0 aliphatic rings. The summed E-state index contributed by atoms with van der Waals surface area (Å²) in [5.74, 6) is 1.12. The van der Waals surface area contributed by atoms with Crippen LogP contribution in [-0.2, 0) is 17.4 Å². The largest absolute Gasteiger partial charge is 0.339 e. The summed E-state index contributed by atoms with van der Waals surface area (Å²) < 4.78 is 5.31. The molecule has 1 atom stereocenters. The summed E-state index contributed by atoms with van der Waals surface area (Å²) in [7, 11) is 0. The maximum Gasteiger partial charge on any atom is 0.232 e. The third-order valence-electron chi connectivity index (χ3n) is 3.06. The first-order chi connectivity index (χ1) is 9.18. The topological polar surface area (TPSA) is 64.9 Å². The number of hydrogen-bond acceptors (Lipinski definition) is 4. The van der Waals surface area contributed by atoms with Crippen LogP contribution < -0.4 is 5.73 Å². The molecule has 0 saturated carbocycles. The van der Waals surface area contributed by atoms with Gasteiger partial charge in [-0.3, -0.25) is 0 Å². The number of benzene rings is 1. The first kappa shape index (κ1) is 15.0. The molecular formula is C15H20ClN3O. The van der Waals surface area contributed by atoms with Crippen molar-refractivity contribution in [2.75, 3.05) is 0 Å². The van der Waals surface area contributed by atoms with E-state index in [-0.39, 0.29) is 5.41 Å². The molecule has 1 aromatic heterocycles. The molecule has 0 aliphatic carbocycles. The van der Waals surface area contributed by atoms with Gasteiger partial charge in [0.1, 0.15) is 0 Å². The number of nitrogens with two attached hydrogens (primary N) is 1. The Hall–Kier alpha value is -1.39. The minimum atomic E-state index is -0.680. The van der Waals surface area contributed by atoms with E-state index in [1.807, 2.05) is 52.0 Å². The monoisotopic (exact) mass is 293 g/mol. The molecular weight excluding hydrogens is 274 g/mol. The number of hydrogen-bond donors (Lipinski definition) is 1. The molecule has 5 heteroatoms. The van der Waals surface area contributed by atoms with Gasteiger partial charge < -0.3 is 10.3 Å². The molecule has 2 aromatic rings. The summed E-state index contributed by atoms with van der Waals surface area (Å²) >= 11 is 5.88. The SMILES string of the molecule is CC(C)(C)c1nc(C(C)(N)Cc2ccc(Cl)cc2)no1. The van der Waals surface area contributed by atoms with Crippen molar-refractivity contribution >= 4 is 11.6 Å². The lowest BCUT2D eigenvalue weighted by Crippen LogP contribution is -2.36. The van der Waals surface area contributed by atoms with Gasteiger partial charge in [0, 0.05) is 10.4 Å². The van der Waals surface area contributed by atoms with E-state index in [2.05, 4.69) is 10.1 Å². The van der Waals surface area contributed by atoms with Crippen molar-refractivity contribution in [1.82, 2.24) is 10.1 Å². The Labute approximate surface area is 124 Å². The fourth-order valence-electron chi connectivity index (χ4n) is 1.87. The Morgan fingerprint density at radius 2 is 1.75 bits per heavy atom. The lowest BCUT2D eigenvalue weighted by molar-refractivity contribution is 0.311. The van der Waals surface area contributed by atoms with Crippen molar-refractivity contribution in [3.63, 3.8) is 0 Å². The summed E-state index contributed by atoms with van der Waals surface area (Å²) in [4.78, 5) is 4.44. The number of rotatable bonds is 3. The summed E-state index contributed by atoms with van der Waals surface area (Å²) in [6.07, 6.45) is 0.618. The van der Waals surface area contributed by atoms with Gasteiger partial charge in [-0.2, -0.15) is 4.98 Å². The van der Waals surface area contributed by atoms with Crippen molar-refractivity contribution in [2.24, 2.45) is 5.73 Å². The highest BCUT2D eigenvalue weighted by Gasteiger charge is 2.30. The van der Waals surface area contributed by atoms with Crippen LogP contribution in [0.3, 0.4) is 0 Å². The number of halogens is 1. The standard InChI is InChI=1S/C15H20ClN3O/c1-14(2,3)13-18-12(19-20-13)15(4,17)9-10-5-7-11(16)8-6-10/h5-8H,9,17H2,1-4H3. The van der Waals surface area contributed by atoms with Crippen LogP contribution in [0.15, 0.2) is 28.8 Å². The molecule has 2 rings (SSSR count). The van der Waals surface area contributed by atoms with E-state index in [1.54, 1.807) is 0 Å². The fraction of sp³-hybridized carbons (Fsp3) is 0.467. The van der Waals surface area contributed by atoms with Gasteiger partial charge in [0.15, 0.2) is 5.82 Å². The van der Waals surface area contributed by atoms with Crippen LogP contribution in [0.25, 0.3) is 0 Å². The van der Waals surface area contributed by atoms with Crippen LogP contribution in [0, 0.1) is 0 Å². The second-order valence-electron chi connectivity index (χ2n) is 6.39. The maximum atomic E-state index is 6.35. The summed E-state index contributed by atoms with van der Waals surface area (Å²) in [6.45, 7) is 7.98. The molecule has 108 valence electrons. The van der Waals surface area contributed by atoms with Crippen molar-refractivity contribution in [3.05, 3.63) is 46.6 Å². The number of aromatic nitrogens is 2. The normalized spacial score (nSPS) is 15.1. The van der Waals surface area contributed by atoms with Gasteiger partial charge in [-0.25, -0.2) is 0 Å². The zero-order chi connectivity index (χ0) is 15.0. The lowest BCUT2D eigenvalue weighted by Gasteiger charge is -2.20. The molecule has 0 saturated heterocycles. The lowest BCUT2D eigenvalue weighted by atomic mass is 9.92. The van der Waals surface area contributed by atoms with Gasteiger partial charge in [0.05, 0.1) is 5.54 Å². The van der Waals surface area contributed by atoms with Crippen molar-refractivity contribution in [3.8, 4) is 0 Å². The number of nitrogens with zero attached hydrogens (tertiary/aromatic N) is 2. The second kappa shape index (κ2) is 5.19. The highest BCUT2D eigenvalue weighted by molar-refractivity contribution is 6.30. The smallest absolute Gasteiger partial charge is 0.232 e. The minimum Gasteiger partial charge on any atom is -0.339 e. The van der Waals surface area contributed by atoms with Gasteiger partial charge in [0.2, 0.25) is 5.89 Å². The summed E-state index contributed by atoms with van der Waals surface area (Å²) in [6, 6.07) is 7.62. The van der Waals surface area contributed by atoms with Crippen LogP contribution in [0.5, 0.6) is 0 Å². The molecule has 0 amide bonds. The molecule has 1 aromatic carbocycles. The average Bonchev–Trinajstić information content (AvgIpc) is 2.82. The Morgan fingerprint density at radius 3 is 2.25 bits per heavy atom. The van der Waals surface area contributed by atoms with E-state index < -0.39 is 5.54 Å². The van der Waals surface area contributed by atoms with E-state index in [0.717, 1.165) is 5.56 Å².